The lowest BCUT2D eigenvalue weighted by atomic mass is 9.96. The predicted octanol–water partition coefficient (Wildman–Crippen LogP) is 3.94. The summed E-state index contributed by atoms with van der Waals surface area (Å²) < 4.78 is 5.22. The van der Waals surface area contributed by atoms with Gasteiger partial charge in [-0.3, -0.25) is 9.59 Å². The van der Waals surface area contributed by atoms with Crippen LogP contribution >= 0.6 is 0 Å². The van der Waals surface area contributed by atoms with E-state index in [1.165, 1.54) is 11.9 Å². The maximum absolute atomic E-state index is 13.7. The minimum absolute atomic E-state index is 0.402. The third-order valence-electron chi connectivity index (χ3n) is 5.61. The minimum atomic E-state index is -1.28. The number of rotatable bonds is 7. The number of para-hydroxylation sites is 1. The molecule has 0 bridgehead atoms. The second-order valence-electron chi connectivity index (χ2n) is 9.85. The molecule has 0 aliphatic carbocycles. The van der Waals surface area contributed by atoms with E-state index in [9.17, 15) is 19.5 Å². The van der Waals surface area contributed by atoms with Gasteiger partial charge in [0.05, 0.1) is 6.61 Å². The summed E-state index contributed by atoms with van der Waals surface area (Å²) in [5.41, 5.74) is 4.11. The number of ether oxygens (including phenoxy) is 1. The number of anilines is 1. The molecule has 2 unspecified atom stereocenters. The number of aryl methyl sites for hydroxylation is 4. The number of alkyl carbamates (subject to hydrolysis) is 1. The first-order chi connectivity index (χ1) is 16.2. The summed E-state index contributed by atoms with van der Waals surface area (Å²) in [5.74, 6) is -1.03. The molecule has 2 atom stereocenters. The highest BCUT2D eigenvalue weighted by Crippen LogP contribution is 2.28. The molecule has 0 fully saturated rings. The van der Waals surface area contributed by atoms with E-state index in [4.69, 9.17) is 4.74 Å². The monoisotopic (exact) mass is 483 g/mol. The summed E-state index contributed by atoms with van der Waals surface area (Å²) in [6.45, 7) is 12.0. The molecule has 0 saturated heterocycles. The molecule has 35 heavy (non-hydrogen) atoms. The molecule has 0 aliphatic rings. The average molecular weight is 484 g/mol. The van der Waals surface area contributed by atoms with E-state index < -0.39 is 42.2 Å². The van der Waals surface area contributed by atoms with Crippen molar-refractivity contribution in [1.82, 2.24) is 10.2 Å². The zero-order valence-corrected chi connectivity index (χ0v) is 21.9. The first-order valence-electron chi connectivity index (χ1n) is 11.6. The Labute approximate surface area is 207 Å². The van der Waals surface area contributed by atoms with Crippen LogP contribution < -0.4 is 10.6 Å². The Morgan fingerprint density at radius 3 is 2.14 bits per heavy atom. The molecule has 0 aromatic heterocycles. The maximum Gasteiger partial charge on any atom is 0.408 e. The van der Waals surface area contributed by atoms with Crippen molar-refractivity contribution < 1.29 is 24.2 Å². The van der Waals surface area contributed by atoms with E-state index in [1.54, 1.807) is 20.8 Å². The molecule has 0 heterocycles. The molecule has 2 aromatic carbocycles. The Morgan fingerprint density at radius 1 is 1.00 bits per heavy atom. The second kappa shape index (κ2) is 11.4. The van der Waals surface area contributed by atoms with Gasteiger partial charge in [-0.1, -0.05) is 42.0 Å². The van der Waals surface area contributed by atoms with Gasteiger partial charge in [-0.25, -0.2) is 4.79 Å². The normalized spacial score (nSPS) is 12.9. The van der Waals surface area contributed by atoms with Gasteiger partial charge in [-0.2, -0.15) is 0 Å². The van der Waals surface area contributed by atoms with E-state index in [2.05, 4.69) is 10.6 Å². The van der Waals surface area contributed by atoms with Gasteiger partial charge in [0.1, 0.15) is 17.7 Å². The molecule has 190 valence electrons. The van der Waals surface area contributed by atoms with E-state index >= 15 is 0 Å². The Hall–Kier alpha value is -3.39. The Morgan fingerprint density at radius 2 is 1.60 bits per heavy atom. The number of amides is 3. The number of nitrogens with one attached hydrogen (secondary N) is 2. The molecule has 8 heteroatoms. The highest BCUT2D eigenvalue weighted by atomic mass is 16.6. The van der Waals surface area contributed by atoms with Crippen LogP contribution in [-0.2, 0) is 14.3 Å². The van der Waals surface area contributed by atoms with Crippen molar-refractivity contribution in [3.63, 3.8) is 0 Å². The van der Waals surface area contributed by atoms with Crippen LogP contribution in [0, 0.1) is 27.7 Å². The zero-order valence-electron chi connectivity index (χ0n) is 21.9. The third kappa shape index (κ3) is 7.29. The van der Waals surface area contributed by atoms with Gasteiger partial charge < -0.3 is 25.4 Å². The van der Waals surface area contributed by atoms with Crippen LogP contribution in [0.5, 0.6) is 0 Å². The lowest BCUT2D eigenvalue weighted by Gasteiger charge is -2.32. The fourth-order valence-corrected chi connectivity index (χ4v) is 3.79. The number of aliphatic hydroxyl groups is 1. The molecule has 2 aromatic rings. The molecule has 0 aliphatic heterocycles. The number of carbonyl (C=O) groups excluding carboxylic acids is 3. The molecular formula is C27H37N3O5. The summed E-state index contributed by atoms with van der Waals surface area (Å²) in [5, 5.41) is 15.3. The highest BCUT2D eigenvalue weighted by molar-refractivity contribution is 6.00. The number of aliphatic hydroxyl groups excluding tert-OH is 1. The number of hydrogen-bond donors (Lipinski definition) is 3. The molecule has 3 N–H and O–H groups in total. The van der Waals surface area contributed by atoms with Gasteiger partial charge >= 0.3 is 6.09 Å². The summed E-state index contributed by atoms with van der Waals surface area (Å²) in [4.78, 5) is 40.6. The van der Waals surface area contributed by atoms with Crippen LogP contribution in [0.3, 0.4) is 0 Å². The summed E-state index contributed by atoms with van der Waals surface area (Å²) in [7, 11) is 1.48. The number of carbonyl (C=O) groups is 3. The van der Waals surface area contributed by atoms with Gasteiger partial charge in [0, 0.05) is 12.7 Å². The van der Waals surface area contributed by atoms with Crippen LogP contribution in [0.1, 0.15) is 54.6 Å². The molecule has 0 radical (unpaired) electrons. The van der Waals surface area contributed by atoms with Crippen LogP contribution in [0.4, 0.5) is 10.5 Å². The molecular weight excluding hydrogens is 446 g/mol. The van der Waals surface area contributed by atoms with Gasteiger partial charge in [0.2, 0.25) is 5.91 Å². The van der Waals surface area contributed by atoms with Crippen LogP contribution in [0.25, 0.3) is 0 Å². The average Bonchev–Trinajstić information content (AvgIpc) is 2.75. The molecule has 8 nitrogen and oxygen atoms in total. The predicted molar refractivity (Wildman–Crippen MR) is 136 cm³/mol. The van der Waals surface area contributed by atoms with Crippen LogP contribution in [0.2, 0.25) is 0 Å². The largest absolute Gasteiger partial charge is 0.444 e. The van der Waals surface area contributed by atoms with Crippen molar-refractivity contribution in [2.45, 2.75) is 66.2 Å². The summed E-state index contributed by atoms with van der Waals surface area (Å²) in [6, 6.07) is 9.11. The van der Waals surface area contributed by atoms with Gasteiger partial charge in [-0.15, -0.1) is 0 Å². The maximum atomic E-state index is 13.7. The van der Waals surface area contributed by atoms with Crippen molar-refractivity contribution in [1.29, 1.82) is 0 Å². The van der Waals surface area contributed by atoms with Crippen molar-refractivity contribution in [3.8, 4) is 0 Å². The molecule has 3 amide bonds. The van der Waals surface area contributed by atoms with Gasteiger partial charge in [0.25, 0.3) is 5.91 Å². The van der Waals surface area contributed by atoms with E-state index in [0.29, 0.717) is 11.3 Å². The molecule has 2 rings (SSSR count). The third-order valence-corrected chi connectivity index (χ3v) is 5.61. The summed E-state index contributed by atoms with van der Waals surface area (Å²) in [6.07, 6.45) is -0.832. The van der Waals surface area contributed by atoms with E-state index in [-0.39, 0.29) is 0 Å². The van der Waals surface area contributed by atoms with Crippen LogP contribution in [0.15, 0.2) is 36.4 Å². The molecule has 0 spiro atoms. The zero-order chi connectivity index (χ0) is 26.5. The Bertz CT molecular complexity index is 1070. The van der Waals surface area contributed by atoms with Crippen molar-refractivity contribution >= 4 is 23.6 Å². The van der Waals surface area contributed by atoms with Crippen molar-refractivity contribution in [2.75, 3.05) is 19.0 Å². The fraction of sp³-hybridized carbons (Fsp3) is 0.444. The number of nitrogens with zero attached hydrogens (tertiary/aromatic N) is 1. The quantitative estimate of drug-likeness (QED) is 0.553. The van der Waals surface area contributed by atoms with Crippen molar-refractivity contribution in [2.24, 2.45) is 0 Å². The van der Waals surface area contributed by atoms with Gasteiger partial charge in [-0.05, 0) is 70.7 Å². The van der Waals surface area contributed by atoms with Crippen molar-refractivity contribution in [3.05, 3.63) is 64.2 Å². The topological polar surface area (TPSA) is 108 Å². The Balaban J connectivity index is 2.43. The number of benzene rings is 2. The van der Waals surface area contributed by atoms with Gasteiger partial charge in [0.15, 0.2) is 0 Å². The van der Waals surface area contributed by atoms with E-state index in [1.807, 2.05) is 64.1 Å². The number of likely N-dealkylation sites (N-methyl/N-ethyl adjacent to an activating group) is 1. The Kier molecular flexibility index (Phi) is 9.04. The smallest absolute Gasteiger partial charge is 0.408 e. The standard InChI is InChI=1S/C27H37N3O5/c1-16-12-13-17(2)20(14-16)23(24(32)29-22-18(3)10-9-11-19(22)4)30(8)25(33)21(15-31)28-26(34)35-27(5,6)7/h9-14,21,23,31H,15H2,1-8H3,(H,28,34)(H,29,32). The SMILES string of the molecule is Cc1ccc(C)c(C(C(=O)Nc2c(C)cccc2C)N(C)C(=O)C(CO)NC(=O)OC(C)(C)C)c1. The first kappa shape index (κ1) is 27.9. The first-order valence-corrected chi connectivity index (χ1v) is 11.6. The lowest BCUT2D eigenvalue weighted by molar-refractivity contribution is -0.139. The molecule has 0 saturated carbocycles. The van der Waals surface area contributed by atoms with E-state index in [0.717, 1.165) is 22.3 Å². The lowest BCUT2D eigenvalue weighted by Crippen LogP contribution is -2.52. The minimum Gasteiger partial charge on any atom is -0.444 e. The number of hydrogen-bond acceptors (Lipinski definition) is 5. The highest BCUT2D eigenvalue weighted by Gasteiger charge is 2.35. The fourth-order valence-electron chi connectivity index (χ4n) is 3.79. The summed E-state index contributed by atoms with van der Waals surface area (Å²) >= 11 is 0. The van der Waals surface area contributed by atoms with Crippen LogP contribution in [-0.4, -0.2) is 53.2 Å². The second-order valence-corrected chi connectivity index (χ2v) is 9.85.